The lowest BCUT2D eigenvalue weighted by atomic mass is 10.1. The zero-order chi connectivity index (χ0) is 18.5. The van der Waals surface area contributed by atoms with Crippen molar-refractivity contribution in [1.29, 1.82) is 0 Å². The lowest BCUT2D eigenvalue weighted by Crippen LogP contribution is -2.19. The Bertz CT molecular complexity index is 646. The van der Waals surface area contributed by atoms with Gasteiger partial charge in [0.15, 0.2) is 0 Å². The van der Waals surface area contributed by atoms with Crippen LogP contribution in [0.2, 0.25) is 0 Å². The third-order valence-electron chi connectivity index (χ3n) is 3.22. The van der Waals surface area contributed by atoms with Gasteiger partial charge in [0.2, 0.25) is 0 Å². The minimum atomic E-state index is 0.866. The van der Waals surface area contributed by atoms with Crippen LogP contribution in [-0.4, -0.2) is 4.90 Å². The number of nitrogens with zero attached hydrogens (tertiary/aromatic N) is 1. The highest BCUT2D eigenvalue weighted by Gasteiger charge is 2.13. The Morgan fingerprint density at radius 2 is 1.54 bits per heavy atom. The maximum absolute atomic E-state index is 4.24. The summed E-state index contributed by atoms with van der Waals surface area (Å²) in [7, 11) is 0. The summed E-state index contributed by atoms with van der Waals surface area (Å²) >= 11 is 0. The van der Waals surface area contributed by atoms with Crippen LogP contribution in [0, 0.1) is 0 Å². The molecule has 0 aliphatic heterocycles. The van der Waals surface area contributed by atoms with Crippen molar-refractivity contribution in [3.63, 3.8) is 0 Å². The molecule has 0 radical (unpaired) electrons. The predicted octanol–water partition coefficient (Wildman–Crippen LogP) is 6.78. The van der Waals surface area contributed by atoms with Gasteiger partial charge in [0.1, 0.15) is 0 Å². The van der Waals surface area contributed by atoms with Crippen LogP contribution in [-0.2, 0) is 0 Å². The molecule has 24 heavy (non-hydrogen) atoms. The van der Waals surface area contributed by atoms with E-state index in [-0.39, 0.29) is 0 Å². The molecule has 0 atom stereocenters. The average molecular weight is 319 g/mol. The third kappa shape index (κ3) is 6.97. The highest BCUT2D eigenvalue weighted by atomic mass is 15.2. The van der Waals surface area contributed by atoms with Gasteiger partial charge in [-0.3, -0.25) is 0 Å². The first-order valence-electron chi connectivity index (χ1n) is 7.83. The summed E-state index contributed by atoms with van der Waals surface area (Å²) in [5, 5.41) is 0. The molecule has 0 saturated carbocycles. The fraction of sp³-hybridized carbons (Fsp3) is 0.130. The smallest absolute Gasteiger partial charge is 0.0415 e. The molecule has 0 unspecified atom stereocenters. The van der Waals surface area contributed by atoms with Gasteiger partial charge in [0.25, 0.3) is 0 Å². The van der Waals surface area contributed by atoms with E-state index in [1.165, 1.54) is 0 Å². The molecule has 0 heterocycles. The molecule has 0 N–H and O–H groups in total. The molecule has 1 heteroatoms. The molecule has 0 aromatic heterocycles. The molecule has 0 aromatic carbocycles. The summed E-state index contributed by atoms with van der Waals surface area (Å²) in [5.41, 5.74) is 4.78. The lowest BCUT2D eigenvalue weighted by molar-refractivity contribution is 0.556. The number of hydrogen-bond acceptors (Lipinski definition) is 1. The number of rotatable bonds is 10. The van der Waals surface area contributed by atoms with Gasteiger partial charge >= 0.3 is 0 Å². The first-order valence-corrected chi connectivity index (χ1v) is 7.83. The van der Waals surface area contributed by atoms with Gasteiger partial charge in [-0.25, -0.2) is 0 Å². The average Bonchev–Trinajstić information content (AvgIpc) is 2.56. The molecule has 0 aromatic rings. The topological polar surface area (TPSA) is 3.24 Å². The van der Waals surface area contributed by atoms with Crippen LogP contribution in [0.3, 0.4) is 0 Å². The number of hydrogen-bond donors (Lipinski definition) is 0. The van der Waals surface area contributed by atoms with Crippen molar-refractivity contribution in [1.82, 2.24) is 4.90 Å². The molecule has 0 spiro atoms. The molecule has 0 aliphatic carbocycles. The second-order valence-electron chi connectivity index (χ2n) is 5.14. The van der Waals surface area contributed by atoms with Gasteiger partial charge in [-0.2, -0.15) is 0 Å². The minimum Gasteiger partial charge on any atom is -0.316 e. The largest absolute Gasteiger partial charge is 0.316 e. The van der Waals surface area contributed by atoms with E-state index in [2.05, 4.69) is 32.9 Å². The Hall–Kier alpha value is -2.80. The first kappa shape index (κ1) is 21.2. The van der Waals surface area contributed by atoms with E-state index in [1.807, 2.05) is 74.3 Å². The third-order valence-corrected chi connectivity index (χ3v) is 3.22. The van der Waals surface area contributed by atoms with Gasteiger partial charge in [-0.05, 0) is 44.1 Å². The summed E-state index contributed by atoms with van der Waals surface area (Å²) in [4.78, 5) is 2.02. The molecule has 0 aliphatic rings. The van der Waals surface area contributed by atoms with Crippen LogP contribution in [0.25, 0.3) is 0 Å². The van der Waals surface area contributed by atoms with Gasteiger partial charge in [0.05, 0.1) is 0 Å². The maximum Gasteiger partial charge on any atom is 0.0415 e. The van der Waals surface area contributed by atoms with Crippen molar-refractivity contribution in [3.8, 4) is 0 Å². The molecule has 0 rings (SSSR count). The zero-order valence-electron chi connectivity index (χ0n) is 15.3. The van der Waals surface area contributed by atoms with Crippen molar-refractivity contribution in [2.45, 2.75) is 20.8 Å². The SMILES string of the molecule is C=C\C=C/C=C(C=C)/C=C(\C)C(=C)N(C(=C)C)C(/C=C\C=C)=C/C. The van der Waals surface area contributed by atoms with Crippen LogP contribution in [0.4, 0.5) is 0 Å². The van der Waals surface area contributed by atoms with Crippen molar-refractivity contribution in [2.75, 3.05) is 0 Å². The minimum absolute atomic E-state index is 0.866. The monoisotopic (exact) mass is 319 g/mol. The summed E-state index contributed by atoms with van der Waals surface area (Å²) in [5.74, 6) is 0. The molecule has 0 fully saturated rings. The Morgan fingerprint density at radius 1 is 0.917 bits per heavy atom. The first-order chi connectivity index (χ1) is 11.4. The maximum atomic E-state index is 4.24. The van der Waals surface area contributed by atoms with Crippen LogP contribution < -0.4 is 0 Å². The molecular weight excluding hydrogens is 290 g/mol. The Kier molecular flexibility index (Phi) is 10.4. The van der Waals surface area contributed by atoms with E-state index < -0.39 is 0 Å². The molecule has 0 bridgehead atoms. The lowest BCUT2D eigenvalue weighted by Gasteiger charge is -2.28. The Balaban J connectivity index is 5.72. The van der Waals surface area contributed by atoms with Crippen molar-refractivity contribution in [2.24, 2.45) is 0 Å². The number of allylic oxidation sites excluding steroid dienone is 13. The van der Waals surface area contributed by atoms with Gasteiger partial charge in [-0.15, -0.1) is 0 Å². The highest BCUT2D eigenvalue weighted by molar-refractivity contribution is 5.43. The molecule has 126 valence electrons. The van der Waals surface area contributed by atoms with Crippen molar-refractivity contribution in [3.05, 3.63) is 122 Å². The van der Waals surface area contributed by atoms with E-state index in [9.17, 15) is 0 Å². The molecule has 0 amide bonds. The van der Waals surface area contributed by atoms with Crippen LogP contribution in [0.15, 0.2) is 122 Å². The normalized spacial score (nSPS) is 13.2. The Labute approximate surface area is 148 Å². The molecular formula is C23H29N. The van der Waals surface area contributed by atoms with Gasteiger partial charge in [-0.1, -0.05) is 81.5 Å². The fourth-order valence-electron chi connectivity index (χ4n) is 2.00. The van der Waals surface area contributed by atoms with Gasteiger partial charge in [0, 0.05) is 17.1 Å². The van der Waals surface area contributed by atoms with Crippen LogP contribution in [0.5, 0.6) is 0 Å². The quantitative estimate of drug-likeness (QED) is 0.401. The van der Waals surface area contributed by atoms with Crippen LogP contribution in [0.1, 0.15) is 20.8 Å². The summed E-state index contributed by atoms with van der Waals surface area (Å²) in [6.07, 6.45) is 19.0. The van der Waals surface area contributed by atoms with Gasteiger partial charge < -0.3 is 4.90 Å². The second-order valence-corrected chi connectivity index (χ2v) is 5.14. The summed E-state index contributed by atoms with van der Waals surface area (Å²) in [6.45, 7) is 25.5. The van der Waals surface area contributed by atoms with E-state index in [4.69, 9.17) is 0 Å². The standard InChI is InChI=1S/C23H29N/c1-9-13-15-16-22(11-3)18-20(7)21(8)24(19(5)6)23(12-4)17-14-10-2/h9-18H,1-3,5,8H2,4,6-7H3/b15-13-,17-14-,20-18+,22-16+,23-12+. The summed E-state index contributed by atoms with van der Waals surface area (Å²) in [6, 6.07) is 0. The molecule has 1 nitrogen and oxygen atoms in total. The van der Waals surface area contributed by atoms with Crippen LogP contribution >= 0.6 is 0 Å². The Morgan fingerprint density at radius 3 is 2.00 bits per heavy atom. The fourth-order valence-corrected chi connectivity index (χ4v) is 2.00. The van der Waals surface area contributed by atoms with E-state index >= 15 is 0 Å². The molecule has 0 saturated heterocycles. The van der Waals surface area contributed by atoms with E-state index in [1.54, 1.807) is 12.2 Å². The highest BCUT2D eigenvalue weighted by Crippen LogP contribution is 2.25. The van der Waals surface area contributed by atoms with E-state index in [0.717, 1.165) is 28.2 Å². The van der Waals surface area contributed by atoms with Crippen molar-refractivity contribution < 1.29 is 0 Å². The predicted molar refractivity (Wildman–Crippen MR) is 110 cm³/mol. The second kappa shape index (κ2) is 11.7. The zero-order valence-corrected chi connectivity index (χ0v) is 15.3. The van der Waals surface area contributed by atoms with Crippen molar-refractivity contribution >= 4 is 0 Å². The van der Waals surface area contributed by atoms with E-state index in [0.29, 0.717) is 0 Å². The summed E-state index contributed by atoms with van der Waals surface area (Å²) < 4.78 is 0.